The van der Waals surface area contributed by atoms with Crippen molar-refractivity contribution in [2.45, 2.75) is 17.7 Å². The van der Waals surface area contributed by atoms with Crippen LogP contribution in [0.1, 0.15) is 12.1 Å². The van der Waals surface area contributed by atoms with Crippen LogP contribution in [0.4, 0.5) is 26.3 Å². The molecule has 0 unspecified atom stereocenters. The van der Waals surface area contributed by atoms with Crippen LogP contribution >= 0.6 is 0 Å². The Morgan fingerprint density at radius 1 is 1.07 bits per heavy atom. The summed E-state index contributed by atoms with van der Waals surface area (Å²) in [4.78, 5) is -0.602. The van der Waals surface area contributed by atoms with Gasteiger partial charge in [-0.05, 0) is 30.3 Å². The normalized spacial score (nSPS) is 12.4. The fraction of sp³-hybridized carbons (Fsp3) is 0.167. The van der Waals surface area contributed by atoms with Crippen molar-refractivity contribution < 1.29 is 39.5 Å². The molecule has 0 aliphatic carbocycles. The van der Waals surface area contributed by atoms with Crippen molar-refractivity contribution >= 4 is 9.84 Å². The predicted octanol–water partition coefficient (Wildman–Crippen LogP) is 4.92. The van der Waals surface area contributed by atoms with Gasteiger partial charge < -0.3 is 4.74 Å². The molecule has 3 aromatic rings. The van der Waals surface area contributed by atoms with Gasteiger partial charge in [-0.2, -0.15) is 5.10 Å². The lowest BCUT2D eigenvalue weighted by Crippen LogP contribution is -2.17. The third-order valence-electron chi connectivity index (χ3n) is 3.87. The molecule has 0 radical (unpaired) electrons. The molecule has 1 heterocycles. The van der Waals surface area contributed by atoms with Gasteiger partial charge in [0.1, 0.15) is 22.2 Å². The number of alkyl halides is 5. The highest BCUT2D eigenvalue weighted by atomic mass is 32.2. The molecule has 3 rings (SSSR count). The quantitative estimate of drug-likeness (QED) is 0.518. The van der Waals surface area contributed by atoms with Crippen molar-refractivity contribution in [3.05, 3.63) is 60.0 Å². The maximum Gasteiger partial charge on any atom is 0.573 e. The molecular weight excluding hydrogens is 438 g/mol. The molecule has 30 heavy (non-hydrogen) atoms. The maximum absolute atomic E-state index is 14.3. The van der Waals surface area contributed by atoms with Crippen LogP contribution in [0.5, 0.6) is 5.75 Å². The molecule has 0 aliphatic heterocycles. The molecule has 0 spiro atoms. The lowest BCUT2D eigenvalue weighted by Gasteiger charge is -2.12. The molecule has 0 amide bonds. The van der Waals surface area contributed by atoms with Crippen molar-refractivity contribution in [1.82, 2.24) is 9.78 Å². The van der Waals surface area contributed by atoms with E-state index in [1.807, 2.05) is 0 Å². The minimum Gasteiger partial charge on any atom is -0.406 e. The summed E-state index contributed by atoms with van der Waals surface area (Å²) in [6.07, 6.45) is -7.18. The SMILES string of the molecule is CS(=O)(=O)c1ccc(-n2nc(C(F)F)cc2-c2cccc(OC(F)(F)F)c2)cc1F. The van der Waals surface area contributed by atoms with E-state index in [4.69, 9.17) is 0 Å². The molecule has 12 heteroatoms. The zero-order chi connectivity index (χ0) is 22.3. The Balaban J connectivity index is 2.14. The summed E-state index contributed by atoms with van der Waals surface area (Å²) >= 11 is 0. The molecule has 1 aromatic heterocycles. The van der Waals surface area contributed by atoms with Crippen LogP contribution < -0.4 is 4.74 Å². The smallest absolute Gasteiger partial charge is 0.406 e. The standard InChI is InChI=1S/C18H12F6N2O3S/c1-30(27,28)16-6-5-11(8-13(16)19)26-15(9-14(25-26)17(20)21)10-3-2-4-12(7-10)29-18(22,23)24/h2-9,17H,1H3. The van der Waals surface area contributed by atoms with Crippen LogP contribution in [0.15, 0.2) is 53.4 Å². The van der Waals surface area contributed by atoms with Gasteiger partial charge in [0.05, 0.1) is 11.4 Å². The molecule has 0 aliphatic rings. The molecule has 160 valence electrons. The van der Waals surface area contributed by atoms with Gasteiger partial charge in [0.15, 0.2) is 9.84 Å². The Hall–Kier alpha value is -3.02. The average molecular weight is 450 g/mol. The van der Waals surface area contributed by atoms with Gasteiger partial charge in [-0.15, -0.1) is 13.2 Å². The summed E-state index contributed by atoms with van der Waals surface area (Å²) in [6.45, 7) is 0. The molecule has 0 saturated heterocycles. The van der Waals surface area contributed by atoms with E-state index in [0.29, 0.717) is 0 Å². The van der Waals surface area contributed by atoms with E-state index in [1.54, 1.807) is 0 Å². The first-order valence-corrected chi connectivity index (χ1v) is 9.98. The van der Waals surface area contributed by atoms with E-state index < -0.39 is 44.8 Å². The number of benzene rings is 2. The molecule has 0 bridgehead atoms. The Kier molecular flexibility index (Phi) is 5.54. The number of hydrogen-bond acceptors (Lipinski definition) is 4. The highest BCUT2D eigenvalue weighted by Crippen LogP contribution is 2.32. The number of nitrogens with zero attached hydrogens (tertiary/aromatic N) is 2. The predicted molar refractivity (Wildman–Crippen MR) is 93.7 cm³/mol. The summed E-state index contributed by atoms with van der Waals surface area (Å²) in [5.41, 5.74) is -0.864. The minimum absolute atomic E-state index is 0.0312. The summed E-state index contributed by atoms with van der Waals surface area (Å²) in [5.74, 6) is -1.73. The second-order valence-corrected chi connectivity index (χ2v) is 8.11. The molecule has 0 fully saturated rings. The first-order chi connectivity index (χ1) is 13.8. The van der Waals surface area contributed by atoms with Crippen LogP contribution in [-0.2, 0) is 9.84 Å². The van der Waals surface area contributed by atoms with Crippen LogP contribution in [-0.4, -0.2) is 30.8 Å². The summed E-state index contributed by atoms with van der Waals surface area (Å²) in [6, 6.07) is 8.30. The largest absolute Gasteiger partial charge is 0.573 e. The fourth-order valence-corrected chi connectivity index (χ4v) is 3.41. The number of aromatic nitrogens is 2. The Morgan fingerprint density at radius 3 is 2.33 bits per heavy atom. The zero-order valence-corrected chi connectivity index (χ0v) is 15.8. The van der Waals surface area contributed by atoms with E-state index in [9.17, 15) is 34.8 Å². The van der Waals surface area contributed by atoms with E-state index in [1.165, 1.54) is 12.1 Å². The summed E-state index contributed by atoms with van der Waals surface area (Å²) in [5, 5.41) is 3.68. The molecular formula is C18H12F6N2O3S. The monoisotopic (exact) mass is 450 g/mol. The number of halogens is 6. The van der Waals surface area contributed by atoms with Crippen LogP contribution in [0, 0.1) is 5.82 Å². The van der Waals surface area contributed by atoms with Gasteiger partial charge in [-0.3, -0.25) is 0 Å². The second kappa shape index (κ2) is 7.67. The van der Waals surface area contributed by atoms with E-state index in [-0.39, 0.29) is 16.9 Å². The Labute approximate surface area is 166 Å². The molecule has 0 atom stereocenters. The minimum atomic E-state index is -4.96. The van der Waals surface area contributed by atoms with Crippen molar-refractivity contribution in [1.29, 1.82) is 0 Å². The van der Waals surface area contributed by atoms with E-state index >= 15 is 0 Å². The second-order valence-electron chi connectivity index (χ2n) is 6.13. The van der Waals surface area contributed by atoms with Crippen molar-refractivity contribution in [3.8, 4) is 22.7 Å². The van der Waals surface area contributed by atoms with Crippen molar-refractivity contribution in [2.75, 3.05) is 6.26 Å². The first-order valence-electron chi connectivity index (χ1n) is 8.09. The topological polar surface area (TPSA) is 61.2 Å². The molecule has 0 saturated carbocycles. The number of sulfone groups is 1. The summed E-state index contributed by atoms with van der Waals surface area (Å²) in [7, 11) is -3.87. The molecule has 2 aromatic carbocycles. The van der Waals surface area contributed by atoms with Gasteiger partial charge in [0.2, 0.25) is 0 Å². The van der Waals surface area contributed by atoms with Gasteiger partial charge in [-0.25, -0.2) is 26.3 Å². The third-order valence-corrected chi connectivity index (χ3v) is 5.00. The highest BCUT2D eigenvalue weighted by Gasteiger charge is 2.31. The van der Waals surface area contributed by atoms with Crippen molar-refractivity contribution in [2.24, 2.45) is 0 Å². The Bertz CT molecular complexity index is 1190. The van der Waals surface area contributed by atoms with Crippen LogP contribution in [0.3, 0.4) is 0 Å². The van der Waals surface area contributed by atoms with Gasteiger partial charge in [-0.1, -0.05) is 12.1 Å². The Morgan fingerprint density at radius 2 is 1.77 bits per heavy atom. The highest BCUT2D eigenvalue weighted by molar-refractivity contribution is 7.90. The van der Waals surface area contributed by atoms with E-state index in [2.05, 4.69) is 9.84 Å². The summed E-state index contributed by atoms with van der Waals surface area (Å²) < 4.78 is 106. The zero-order valence-electron chi connectivity index (χ0n) is 15.0. The molecule has 5 nitrogen and oxygen atoms in total. The fourth-order valence-electron chi connectivity index (χ4n) is 2.68. The maximum atomic E-state index is 14.3. The van der Waals surface area contributed by atoms with Crippen LogP contribution in [0.2, 0.25) is 0 Å². The van der Waals surface area contributed by atoms with Gasteiger partial charge >= 0.3 is 6.36 Å². The average Bonchev–Trinajstić information content (AvgIpc) is 3.05. The van der Waals surface area contributed by atoms with Gasteiger partial charge in [0.25, 0.3) is 6.43 Å². The lowest BCUT2D eigenvalue weighted by atomic mass is 10.1. The van der Waals surface area contributed by atoms with Gasteiger partial charge in [0, 0.05) is 17.9 Å². The lowest BCUT2D eigenvalue weighted by molar-refractivity contribution is -0.274. The third kappa shape index (κ3) is 4.75. The number of rotatable bonds is 5. The van der Waals surface area contributed by atoms with E-state index in [0.717, 1.165) is 47.3 Å². The number of hydrogen-bond donors (Lipinski definition) is 0. The van der Waals surface area contributed by atoms with Crippen LogP contribution in [0.25, 0.3) is 16.9 Å². The number of ether oxygens (including phenoxy) is 1. The molecule has 0 N–H and O–H groups in total. The van der Waals surface area contributed by atoms with Crippen molar-refractivity contribution in [3.63, 3.8) is 0 Å². The first kappa shape index (κ1) is 21.7.